The third kappa shape index (κ3) is 3.55. The van der Waals surface area contributed by atoms with E-state index in [1.807, 2.05) is 19.1 Å². The number of halogens is 1. The number of benzene rings is 1. The summed E-state index contributed by atoms with van der Waals surface area (Å²) in [5, 5.41) is 10.3. The molecule has 19 heavy (non-hydrogen) atoms. The standard InChI is InChI=1S/C15H14ClNO2/c1-10-7-11(4-5-13(10)16)8-12(18)9-14-15(19)3-2-6-17-14/h2-7,19H,8-9H2,1H3. The van der Waals surface area contributed by atoms with Crippen LogP contribution in [0.2, 0.25) is 5.02 Å². The van der Waals surface area contributed by atoms with Crippen LogP contribution in [-0.4, -0.2) is 15.9 Å². The number of aromatic nitrogens is 1. The number of aromatic hydroxyl groups is 1. The minimum absolute atomic E-state index is 0.00993. The zero-order valence-electron chi connectivity index (χ0n) is 10.6. The van der Waals surface area contributed by atoms with Crippen LogP contribution in [0.4, 0.5) is 0 Å². The third-order valence-corrected chi connectivity index (χ3v) is 3.28. The lowest BCUT2D eigenvalue weighted by Crippen LogP contribution is -2.08. The van der Waals surface area contributed by atoms with Crippen LogP contribution < -0.4 is 0 Å². The first-order valence-electron chi connectivity index (χ1n) is 5.96. The molecule has 1 N–H and O–H groups in total. The second-order valence-electron chi connectivity index (χ2n) is 4.44. The summed E-state index contributed by atoms with van der Waals surface area (Å²) >= 11 is 5.94. The van der Waals surface area contributed by atoms with Gasteiger partial charge in [-0.2, -0.15) is 0 Å². The minimum Gasteiger partial charge on any atom is -0.506 e. The van der Waals surface area contributed by atoms with Crippen LogP contribution in [0.1, 0.15) is 16.8 Å². The molecule has 0 saturated heterocycles. The van der Waals surface area contributed by atoms with Crippen molar-refractivity contribution in [1.82, 2.24) is 4.98 Å². The molecular formula is C15H14ClNO2. The van der Waals surface area contributed by atoms with Gasteiger partial charge in [0, 0.05) is 17.6 Å². The van der Waals surface area contributed by atoms with Crippen LogP contribution in [0.15, 0.2) is 36.5 Å². The topological polar surface area (TPSA) is 50.2 Å². The Morgan fingerprint density at radius 3 is 2.79 bits per heavy atom. The molecule has 0 aliphatic rings. The maximum atomic E-state index is 11.9. The molecular weight excluding hydrogens is 262 g/mol. The highest BCUT2D eigenvalue weighted by atomic mass is 35.5. The Morgan fingerprint density at radius 2 is 2.11 bits per heavy atom. The number of aryl methyl sites for hydroxylation is 1. The summed E-state index contributed by atoms with van der Waals surface area (Å²) in [6.45, 7) is 1.90. The zero-order valence-corrected chi connectivity index (χ0v) is 11.3. The third-order valence-electron chi connectivity index (χ3n) is 2.85. The number of carbonyl (C=O) groups excluding carboxylic acids is 1. The van der Waals surface area contributed by atoms with Gasteiger partial charge in [-0.1, -0.05) is 23.7 Å². The Labute approximate surface area is 116 Å². The molecule has 0 bridgehead atoms. The van der Waals surface area contributed by atoms with Crippen molar-refractivity contribution in [3.8, 4) is 5.75 Å². The molecule has 0 aliphatic carbocycles. The smallest absolute Gasteiger partial charge is 0.143 e. The molecule has 0 unspecified atom stereocenters. The predicted octanol–water partition coefficient (Wildman–Crippen LogP) is 3.10. The highest BCUT2D eigenvalue weighted by Crippen LogP contribution is 2.18. The van der Waals surface area contributed by atoms with Gasteiger partial charge >= 0.3 is 0 Å². The summed E-state index contributed by atoms with van der Waals surface area (Å²) in [6.07, 6.45) is 2.01. The minimum atomic E-state index is 0.00993. The monoisotopic (exact) mass is 275 g/mol. The summed E-state index contributed by atoms with van der Waals surface area (Å²) < 4.78 is 0. The normalized spacial score (nSPS) is 10.4. The first-order valence-corrected chi connectivity index (χ1v) is 6.33. The summed E-state index contributed by atoms with van der Waals surface area (Å²) in [6, 6.07) is 8.69. The van der Waals surface area contributed by atoms with Crippen LogP contribution in [-0.2, 0) is 17.6 Å². The van der Waals surface area contributed by atoms with Crippen molar-refractivity contribution in [3.05, 3.63) is 58.4 Å². The zero-order chi connectivity index (χ0) is 13.8. The second-order valence-corrected chi connectivity index (χ2v) is 4.85. The molecule has 0 amide bonds. The van der Waals surface area contributed by atoms with Gasteiger partial charge in [-0.25, -0.2) is 0 Å². The maximum absolute atomic E-state index is 11.9. The predicted molar refractivity (Wildman–Crippen MR) is 74.5 cm³/mol. The van der Waals surface area contributed by atoms with Crippen LogP contribution >= 0.6 is 11.6 Å². The number of rotatable bonds is 4. The Hall–Kier alpha value is -1.87. The summed E-state index contributed by atoms with van der Waals surface area (Å²) in [4.78, 5) is 15.9. The molecule has 0 saturated carbocycles. The maximum Gasteiger partial charge on any atom is 0.143 e. The van der Waals surface area contributed by atoms with E-state index < -0.39 is 0 Å². The van der Waals surface area contributed by atoms with Gasteiger partial charge in [0.25, 0.3) is 0 Å². The molecule has 3 nitrogen and oxygen atoms in total. The lowest BCUT2D eigenvalue weighted by molar-refractivity contribution is -0.117. The van der Waals surface area contributed by atoms with E-state index in [0.717, 1.165) is 11.1 Å². The first kappa shape index (κ1) is 13.6. The number of hydrogen-bond donors (Lipinski definition) is 1. The van der Waals surface area contributed by atoms with Crippen molar-refractivity contribution in [1.29, 1.82) is 0 Å². The van der Waals surface area contributed by atoms with Crippen LogP contribution in [0, 0.1) is 6.92 Å². The molecule has 0 radical (unpaired) electrons. The quantitative estimate of drug-likeness (QED) is 0.933. The molecule has 1 aromatic carbocycles. The van der Waals surface area contributed by atoms with E-state index in [1.165, 1.54) is 6.07 Å². The Balaban J connectivity index is 2.05. The Morgan fingerprint density at radius 1 is 1.32 bits per heavy atom. The van der Waals surface area contributed by atoms with Crippen molar-refractivity contribution in [2.75, 3.05) is 0 Å². The lowest BCUT2D eigenvalue weighted by atomic mass is 10.0. The molecule has 4 heteroatoms. The molecule has 0 aliphatic heterocycles. The van der Waals surface area contributed by atoms with Gasteiger partial charge in [0.2, 0.25) is 0 Å². The Kier molecular flexibility index (Phi) is 4.17. The van der Waals surface area contributed by atoms with Crippen LogP contribution in [0.25, 0.3) is 0 Å². The molecule has 1 aromatic heterocycles. The number of hydrogen-bond acceptors (Lipinski definition) is 3. The fraction of sp³-hybridized carbons (Fsp3) is 0.200. The van der Waals surface area contributed by atoms with Crippen molar-refractivity contribution < 1.29 is 9.90 Å². The molecule has 2 aromatic rings. The average Bonchev–Trinajstić information content (AvgIpc) is 2.37. The van der Waals surface area contributed by atoms with E-state index in [2.05, 4.69) is 4.98 Å². The summed E-state index contributed by atoms with van der Waals surface area (Å²) in [7, 11) is 0. The van der Waals surface area contributed by atoms with Gasteiger partial charge < -0.3 is 5.11 Å². The number of pyridine rings is 1. The summed E-state index contributed by atoms with van der Waals surface area (Å²) in [5.41, 5.74) is 2.29. The van der Waals surface area contributed by atoms with Crippen molar-refractivity contribution in [3.63, 3.8) is 0 Å². The Bertz CT molecular complexity index is 611. The van der Waals surface area contributed by atoms with Crippen molar-refractivity contribution >= 4 is 17.4 Å². The van der Waals surface area contributed by atoms with E-state index in [9.17, 15) is 9.90 Å². The molecule has 0 spiro atoms. The SMILES string of the molecule is Cc1cc(CC(=O)Cc2ncccc2O)ccc1Cl. The second kappa shape index (κ2) is 5.85. The number of nitrogens with zero attached hydrogens (tertiary/aromatic N) is 1. The van der Waals surface area contributed by atoms with E-state index >= 15 is 0 Å². The number of ketones is 1. The largest absolute Gasteiger partial charge is 0.506 e. The molecule has 0 fully saturated rings. The fourth-order valence-corrected chi connectivity index (χ4v) is 1.98. The van der Waals surface area contributed by atoms with Gasteiger partial charge in [0.15, 0.2) is 0 Å². The van der Waals surface area contributed by atoms with Crippen molar-refractivity contribution in [2.24, 2.45) is 0 Å². The van der Waals surface area contributed by atoms with Gasteiger partial charge in [-0.05, 0) is 36.2 Å². The van der Waals surface area contributed by atoms with Gasteiger partial charge in [0.05, 0.1) is 12.1 Å². The average molecular weight is 276 g/mol. The van der Waals surface area contributed by atoms with Gasteiger partial charge in [-0.3, -0.25) is 9.78 Å². The van der Waals surface area contributed by atoms with Crippen LogP contribution in [0.5, 0.6) is 5.75 Å². The molecule has 0 atom stereocenters. The molecule has 2 rings (SSSR count). The molecule has 98 valence electrons. The number of carbonyl (C=O) groups is 1. The molecule has 1 heterocycles. The summed E-state index contributed by atoms with van der Waals surface area (Å²) in [5.74, 6) is 0.0684. The van der Waals surface area contributed by atoms with Crippen molar-refractivity contribution in [2.45, 2.75) is 19.8 Å². The van der Waals surface area contributed by atoms with E-state index in [1.54, 1.807) is 18.3 Å². The lowest BCUT2D eigenvalue weighted by Gasteiger charge is -2.05. The number of Topliss-reactive ketones (excluding diaryl/α,β-unsaturated/α-hetero) is 1. The van der Waals surface area contributed by atoms with E-state index in [4.69, 9.17) is 11.6 Å². The van der Waals surface area contributed by atoms with E-state index in [-0.39, 0.29) is 18.0 Å². The van der Waals surface area contributed by atoms with Gasteiger partial charge in [0.1, 0.15) is 11.5 Å². The first-order chi connectivity index (χ1) is 9.06. The van der Waals surface area contributed by atoms with Gasteiger partial charge in [-0.15, -0.1) is 0 Å². The highest BCUT2D eigenvalue weighted by molar-refractivity contribution is 6.31. The van der Waals surface area contributed by atoms with Crippen LogP contribution in [0.3, 0.4) is 0 Å². The fourth-order valence-electron chi connectivity index (χ4n) is 1.86. The highest BCUT2D eigenvalue weighted by Gasteiger charge is 2.10. The van der Waals surface area contributed by atoms with E-state index in [0.29, 0.717) is 17.1 Å².